The minimum atomic E-state index is -0.393. The lowest BCUT2D eigenvalue weighted by Gasteiger charge is -2.11. The Kier molecular flexibility index (Phi) is 10.7. The largest absolute Gasteiger partial charge is 0.392 e. The van der Waals surface area contributed by atoms with Crippen LogP contribution in [0.15, 0.2) is 29.4 Å². The number of rotatable bonds is 8. The number of halogens is 2. The van der Waals surface area contributed by atoms with Gasteiger partial charge in [-0.1, -0.05) is 13.0 Å². The zero-order chi connectivity index (χ0) is 18.1. The number of aliphatic imine (C=N–C) groups is 1. The van der Waals surface area contributed by atoms with Gasteiger partial charge in [0.1, 0.15) is 5.82 Å². The molecule has 0 atom stereocenters. The number of hydrogen-bond acceptors (Lipinski definition) is 4. The summed E-state index contributed by atoms with van der Waals surface area (Å²) < 4.78 is 13.4. The topological polar surface area (TPSA) is 69.5 Å². The smallest absolute Gasteiger partial charge is 0.191 e. The van der Waals surface area contributed by atoms with Gasteiger partial charge in [0.15, 0.2) is 5.96 Å². The lowest BCUT2D eigenvalue weighted by Crippen LogP contribution is -2.38. The molecule has 0 aliphatic rings. The molecule has 0 saturated heterocycles. The summed E-state index contributed by atoms with van der Waals surface area (Å²) in [7, 11) is 0. The predicted octanol–water partition coefficient (Wildman–Crippen LogP) is 3.25. The number of benzene rings is 1. The van der Waals surface area contributed by atoms with E-state index in [1.54, 1.807) is 23.5 Å². The second-order valence-corrected chi connectivity index (χ2v) is 6.73. The van der Waals surface area contributed by atoms with E-state index >= 15 is 0 Å². The molecule has 1 heterocycles. The van der Waals surface area contributed by atoms with Gasteiger partial charge < -0.3 is 15.7 Å². The van der Waals surface area contributed by atoms with Gasteiger partial charge in [-0.25, -0.2) is 14.4 Å². The van der Waals surface area contributed by atoms with Gasteiger partial charge in [-0.3, -0.25) is 0 Å². The fourth-order valence-corrected chi connectivity index (χ4v) is 3.14. The van der Waals surface area contributed by atoms with E-state index in [-0.39, 0.29) is 30.6 Å². The van der Waals surface area contributed by atoms with Crippen LogP contribution in [0.1, 0.15) is 34.9 Å². The molecule has 0 radical (unpaired) electrons. The molecule has 26 heavy (non-hydrogen) atoms. The van der Waals surface area contributed by atoms with Crippen molar-refractivity contribution in [2.24, 2.45) is 4.99 Å². The number of aliphatic hydroxyl groups is 1. The van der Waals surface area contributed by atoms with Crippen LogP contribution in [0.3, 0.4) is 0 Å². The third-order valence-corrected chi connectivity index (χ3v) is 4.83. The highest BCUT2D eigenvalue weighted by Gasteiger charge is 2.04. The van der Waals surface area contributed by atoms with E-state index in [0.717, 1.165) is 36.5 Å². The van der Waals surface area contributed by atoms with Gasteiger partial charge >= 0.3 is 0 Å². The number of nitrogens with one attached hydrogen (secondary N) is 2. The number of aryl methyl sites for hydroxylation is 1. The van der Waals surface area contributed by atoms with Gasteiger partial charge in [0, 0.05) is 36.1 Å². The molecule has 0 unspecified atom stereocenters. The van der Waals surface area contributed by atoms with E-state index in [2.05, 4.69) is 27.5 Å². The van der Waals surface area contributed by atoms with E-state index in [9.17, 15) is 4.39 Å². The van der Waals surface area contributed by atoms with Crippen molar-refractivity contribution >= 4 is 41.3 Å². The van der Waals surface area contributed by atoms with Crippen molar-refractivity contribution in [2.45, 2.75) is 39.8 Å². The first-order chi connectivity index (χ1) is 12.2. The Hall–Kier alpha value is -1.26. The molecule has 0 amide bonds. The maximum atomic E-state index is 13.4. The standard InChI is InChI=1S/C18H25FN4OS.HI/c1-3-15-11-22-17(25-15)7-8-21-18(20-4-2)23-10-13-5-6-16(19)14(9-13)12-24;/h5-6,9,11,24H,3-4,7-8,10,12H2,1-2H3,(H2,20,21,23);1H. The van der Waals surface area contributed by atoms with Gasteiger partial charge in [0.05, 0.1) is 18.2 Å². The van der Waals surface area contributed by atoms with Crippen molar-refractivity contribution in [3.63, 3.8) is 0 Å². The second-order valence-electron chi connectivity index (χ2n) is 5.53. The molecule has 2 aromatic rings. The van der Waals surface area contributed by atoms with Gasteiger partial charge in [-0.15, -0.1) is 35.3 Å². The van der Waals surface area contributed by atoms with Crippen LogP contribution in [0.4, 0.5) is 4.39 Å². The molecule has 0 aliphatic carbocycles. The normalized spacial score (nSPS) is 11.2. The Balaban J connectivity index is 0.00000338. The monoisotopic (exact) mass is 492 g/mol. The highest BCUT2D eigenvalue weighted by molar-refractivity contribution is 14.0. The number of aromatic nitrogens is 1. The Morgan fingerprint density at radius 1 is 1.31 bits per heavy atom. The molecule has 2 rings (SSSR count). The van der Waals surface area contributed by atoms with E-state index in [4.69, 9.17) is 5.11 Å². The lowest BCUT2D eigenvalue weighted by molar-refractivity contribution is 0.275. The number of hydrogen-bond donors (Lipinski definition) is 3. The zero-order valence-electron chi connectivity index (χ0n) is 15.1. The first kappa shape index (κ1) is 22.8. The molecule has 0 aliphatic heterocycles. The van der Waals surface area contributed by atoms with Crippen molar-refractivity contribution in [3.05, 3.63) is 51.2 Å². The number of guanidine groups is 1. The summed E-state index contributed by atoms with van der Waals surface area (Å²) in [6.07, 6.45) is 3.80. The van der Waals surface area contributed by atoms with Gasteiger partial charge in [-0.2, -0.15) is 0 Å². The van der Waals surface area contributed by atoms with Crippen molar-refractivity contribution in [1.82, 2.24) is 15.6 Å². The van der Waals surface area contributed by atoms with Crippen LogP contribution in [0, 0.1) is 5.82 Å². The molecule has 1 aromatic carbocycles. The quantitative estimate of drug-likeness (QED) is 0.301. The fourth-order valence-electron chi connectivity index (χ4n) is 2.27. The van der Waals surface area contributed by atoms with E-state index in [0.29, 0.717) is 18.1 Å². The highest BCUT2D eigenvalue weighted by Crippen LogP contribution is 2.13. The SMILES string of the molecule is CCNC(=NCc1ccc(F)c(CO)c1)NCCc1ncc(CC)s1.I. The summed E-state index contributed by atoms with van der Waals surface area (Å²) in [5.74, 6) is 0.319. The Morgan fingerprint density at radius 3 is 2.77 bits per heavy atom. The van der Waals surface area contributed by atoms with Crippen LogP contribution in [0.25, 0.3) is 0 Å². The molecule has 3 N–H and O–H groups in total. The summed E-state index contributed by atoms with van der Waals surface area (Å²) in [5, 5.41) is 16.7. The molecule has 144 valence electrons. The molecule has 0 fully saturated rings. The predicted molar refractivity (Wildman–Crippen MR) is 116 cm³/mol. The third-order valence-electron chi connectivity index (χ3n) is 3.63. The molecule has 5 nitrogen and oxygen atoms in total. The van der Waals surface area contributed by atoms with Gasteiger partial charge in [0.25, 0.3) is 0 Å². The van der Waals surface area contributed by atoms with Crippen molar-refractivity contribution in [2.75, 3.05) is 13.1 Å². The minimum absolute atomic E-state index is 0. The van der Waals surface area contributed by atoms with Crippen LogP contribution in [0.5, 0.6) is 0 Å². The molecule has 0 bridgehead atoms. The van der Waals surface area contributed by atoms with E-state index in [1.165, 1.54) is 10.9 Å². The van der Waals surface area contributed by atoms with Crippen molar-refractivity contribution < 1.29 is 9.50 Å². The highest BCUT2D eigenvalue weighted by atomic mass is 127. The van der Waals surface area contributed by atoms with E-state index < -0.39 is 5.82 Å². The maximum Gasteiger partial charge on any atom is 0.191 e. The minimum Gasteiger partial charge on any atom is -0.392 e. The van der Waals surface area contributed by atoms with Gasteiger partial charge in [-0.05, 0) is 31.0 Å². The average Bonchev–Trinajstić information content (AvgIpc) is 3.08. The first-order valence-electron chi connectivity index (χ1n) is 8.50. The van der Waals surface area contributed by atoms with E-state index in [1.807, 2.05) is 13.1 Å². The zero-order valence-corrected chi connectivity index (χ0v) is 18.2. The molecular weight excluding hydrogens is 466 g/mol. The maximum absolute atomic E-state index is 13.4. The summed E-state index contributed by atoms with van der Waals surface area (Å²) in [6, 6.07) is 4.69. The van der Waals surface area contributed by atoms with Crippen LogP contribution < -0.4 is 10.6 Å². The van der Waals surface area contributed by atoms with Crippen molar-refractivity contribution in [1.29, 1.82) is 0 Å². The molecule has 8 heteroatoms. The van der Waals surface area contributed by atoms with Crippen LogP contribution in [-0.2, 0) is 26.0 Å². The Labute approximate surface area is 175 Å². The molecule has 0 spiro atoms. The number of aliphatic hydroxyl groups excluding tert-OH is 1. The van der Waals surface area contributed by atoms with Crippen LogP contribution >= 0.6 is 35.3 Å². The van der Waals surface area contributed by atoms with Crippen LogP contribution in [-0.4, -0.2) is 29.1 Å². The van der Waals surface area contributed by atoms with Crippen LogP contribution in [0.2, 0.25) is 0 Å². The second kappa shape index (κ2) is 12.2. The summed E-state index contributed by atoms with van der Waals surface area (Å²) in [6.45, 7) is 5.74. The molecular formula is C18H26FIN4OS. The lowest BCUT2D eigenvalue weighted by atomic mass is 10.1. The summed E-state index contributed by atoms with van der Waals surface area (Å²) in [4.78, 5) is 10.2. The first-order valence-corrected chi connectivity index (χ1v) is 9.31. The van der Waals surface area contributed by atoms with Crippen molar-refractivity contribution in [3.8, 4) is 0 Å². The molecule has 0 saturated carbocycles. The molecule has 1 aromatic heterocycles. The average molecular weight is 492 g/mol. The fraction of sp³-hybridized carbons (Fsp3) is 0.444. The summed E-state index contributed by atoms with van der Waals surface area (Å²) >= 11 is 1.74. The third kappa shape index (κ3) is 7.16. The Bertz CT molecular complexity index is 708. The number of thiazole rings is 1. The summed E-state index contributed by atoms with van der Waals surface area (Å²) in [5.41, 5.74) is 1.15. The number of nitrogens with zero attached hydrogens (tertiary/aromatic N) is 2. The van der Waals surface area contributed by atoms with Gasteiger partial charge in [0.2, 0.25) is 0 Å². The Morgan fingerprint density at radius 2 is 2.12 bits per heavy atom.